The van der Waals surface area contributed by atoms with Crippen LogP contribution >= 0.6 is 0 Å². The Balaban J connectivity index is 1.74. The summed E-state index contributed by atoms with van der Waals surface area (Å²) in [5.74, 6) is 0.219. The minimum absolute atomic E-state index is 0.125. The lowest BCUT2D eigenvalue weighted by atomic mass is 9.95. The quantitative estimate of drug-likeness (QED) is 0.634. The van der Waals surface area contributed by atoms with Crippen molar-refractivity contribution in [1.82, 2.24) is 24.7 Å². The van der Waals surface area contributed by atoms with E-state index in [0.717, 1.165) is 24.6 Å². The Hall–Kier alpha value is -2.97. The van der Waals surface area contributed by atoms with E-state index in [-0.39, 0.29) is 11.4 Å². The monoisotopic (exact) mass is 343 g/mol. The number of hydrogen-bond donors (Lipinski definition) is 3. The highest BCUT2D eigenvalue weighted by Gasteiger charge is 2.17. The predicted molar refractivity (Wildman–Crippen MR) is 89.0 cm³/mol. The average Bonchev–Trinajstić information content (AvgIpc) is 3.07. The third-order valence-corrected chi connectivity index (χ3v) is 4.31. The summed E-state index contributed by atoms with van der Waals surface area (Å²) in [4.78, 5) is 20.1. The van der Waals surface area contributed by atoms with Crippen LogP contribution in [-0.2, 0) is 0 Å². The summed E-state index contributed by atoms with van der Waals surface area (Å²) >= 11 is 0. The summed E-state index contributed by atoms with van der Waals surface area (Å²) in [6.45, 7) is 0. The van der Waals surface area contributed by atoms with E-state index in [9.17, 15) is 9.60 Å². The number of H-pyrrole nitrogens is 1. The number of imidazole rings is 1. The Labute approximate surface area is 142 Å². The van der Waals surface area contributed by atoms with Gasteiger partial charge in [-0.15, -0.1) is 0 Å². The number of rotatable bonds is 3. The molecule has 3 heterocycles. The Morgan fingerprint density at radius 2 is 2.08 bits per heavy atom. The van der Waals surface area contributed by atoms with Crippen LogP contribution in [0.25, 0.3) is 11.2 Å². The molecule has 3 N–H and O–H groups in total. The molecule has 3 aromatic heterocycles. The number of fused-ring (bicyclic) bond motifs is 1. The maximum atomic E-state index is 13.1. The van der Waals surface area contributed by atoms with E-state index in [2.05, 4.69) is 30.2 Å². The Morgan fingerprint density at radius 3 is 2.88 bits per heavy atom. The number of aromatic amines is 1. The van der Waals surface area contributed by atoms with Crippen LogP contribution in [0, 0.1) is 5.82 Å². The van der Waals surface area contributed by atoms with Crippen molar-refractivity contribution < 1.29 is 9.60 Å². The van der Waals surface area contributed by atoms with Crippen LogP contribution in [0.2, 0.25) is 0 Å². The second-order valence-electron chi connectivity index (χ2n) is 6.11. The van der Waals surface area contributed by atoms with Crippen LogP contribution in [-0.4, -0.2) is 35.9 Å². The zero-order chi connectivity index (χ0) is 17.2. The Morgan fingerprint density at radius 1 is 1.24 bits per heavy atom. The fourth-order valence-electron chi connectivity index (χ4n) is 3.06. The Kier molecular flexibility index (Phi) is 4.04. The van der Waals surface area contributed by atoms with E-state index < -0.39 is 5.82 Å². The molecule has 1 saturated carbocycles. The summed E-state index contributed by atoms with van der Waals surface area (Å²) in [6, 6.07) is 2.91. The van der Waals surface area contributed by atoms with Crippen molar-refractivity contribution >= 4 is 22.9 Å². The van der Waals surface area contributed by atoms with Crippen molar-refractivity contribution in [1.29, 1.82) is 0 Å². The molecule has 0 aromatic carbocycles. The van der Waals surface area contributed by atoms with Gasteiger partial charge in [0.1, 0.15) is 11.3 Å². The largest absolute Gasteiger partial charge is 0.427 e. The van der Waals surface area contributed by atoms with Crippen LogP contribution in [0.1, 0.15) is 32.1 Å². The molecule has 0 unspecified atom stereocenters. The molecule has 1 aliphatic rings. The average molecular weight is 343 g/mol. The van der Waals surface area contributed by atoms with Gasteiger partial charge in [-0.25, -0.2) is 9.37 Å². The van der Waals surface area contributed by atoms with Gasteiger partial charge in [0.15, 0.2) is 17.0 Å². The minimum atomic E-state index is -0.565. The number of nitrogens with zero attached hydrogens (tertiary/aromatic N) is 5. The molecule has 1 aliphatic carbocycles. The zero-order valence-corrected chi connectivity index (χ0v) is 13.5. The van der Waals surface area contributed by atoms with Crippen molar-refractivity contribution in [3.05, 3.63) is 36.0 Å². The van der Waals surface area contributed by atoms with Gasteiger partial charge in [-0.2, -0.15) is 19.7 Å². The molecule has 130 valence electrons. The number of anilines is 1. The topological polar surface area (TPSA) is 104 Å². The van der Waals surface area contributed by atoms with Crippen LogP contribution in [0.5, 0.6) is 0 Å². The summed E-state index contributed by atoms with van der Waals surface area (Å²) < 4.78 is 13.7. The lowest BCUT2D eigenvalue weighted by Crippen LogP contribution is -2.23. The smallest absolute Gasteiger partial charge is 0.255 e. The number of aromatic nitrogens is 5. The third-order valence-electron chi connectivity index (χ3n) is 4.31. The summed E-state index contributed by atoms with van der Waals surface area (Å²) in [6.07, 6.45) is 8.34. The van der Waals surface area contributed by atoms with Gasteiger partial charge in [0.05, 0.1) is 12.5 Å². The number of halogens is 1. The van der Waals surface area contributed by atoms with Gasteiger partial charge < -0.3 is 15.5 Å². The number of hydrogen-bond acceptors (Lipinski definition) is 6. The van der Waals surface area contributed by atoms with Crippen molar-refractivity contribution in [2.24, 2.45) is 4.99 Å². The molecule has 0 bridgehead atoms. The van der Waals surface area contributed by atoms with Gasteiger partial charge in [-0.3, -0.25) is 0 Å². The molecule has 0 saturated heterocycles. The molecule has 8 nitrogen and oxygen atoms in total. The van der Waals surface area contributed by atoms with Gasteiger partial charge in [-0.1, -0.05) is 19.3 Å². The van der Waals surface area contributed by atoms with Gasteiger partial charge in [0, 0.05) is 6.04 Å². The second-order valence-corrected chi connectivity index (χ2v) is 6.11. The third kappa shape index (κ3) is 3.30. The first-order valence-electron chi connectivity index (χ1n) is 8.29. The molecule has 0 aliphatic heterocycles. The first-order chi connectivity index (χ1) is 12.2. The molecular formula is C16H18FN7O. The molecule has 0 amide bonds. The molecule has 4 rings (SSSR count). The maximum Gasteiger partial charge on any atom is 0.255 e. The molecule has 1 fully saturated rings. The fourth-order valence-corrected chi connectivity index (χ4v) is 3.06. The van der Waals surface area contributed by atoms with Crippen molar-refractivity contribution in [2.75, 3.05) is 5.32 Å². The van der Waals surface area contributed by atoms with Gasteiger partial charge in [0.2, 0.25) is 0 Å². The van der Waals surface area contributed by atoms with Gasteiger partial charge in [-0.05, 0) is 25.0 Å². The van der Waals surface area contributed by atoms with Crippen molar-refractivity contribution in [3.63, 3.8) is 0 Å². The lowest BCUT2D eigenvalue weighted by Gasteiger charge is -2.23. The van der Waals surface area contributed by atoms with Gasteiger partial charge >= 0.3 is 0 Å². The first kappa shape index (κ1) is 15.6. The van der Waals surface area contributed by atoms with E-state index in [1.807, 2.05) is 0 Å². The SMILES string of the molecule is On1cc(F)ccc1=Nc1nc(NC2CCCCC2)c2[nH]cnc2n1. The normalized spacial score (nSPS) is 16.4. The number of nitrogens with one attached hydrogen (secondary N) is 2. The van der Waals surface area contributed by atoms with Crippen LogP contribution in [0.15, 0.2) is 29.6 Å². The molecule has 3 aromatic rings. The summed E-state index contributed by atoms with van der Waals surface area (Å²) in [5.41, 5.74) is 1.33. The van der Waals surface area contributed by atoms with E-state index in [1.54, 1.807) is 6.33 Å². The lowest BCUT2D eigenvalue weighted by molar-refractivity contribution is 0.168. The molecule has 0 spiro atoms. The molecular weight excluding hydrogens is 325 g/mol. The van der Waals surface area contributed by atoms with E-state index in [1.165, 1.54) is 31.4 Å². The second kappa shape index (κ2) is 6.50. The van der Waals surface area contributed by atoms with Crippen LogP contribution in [0.4, 0.5) is 16.2 Å². The summed E-state index contributed by atoms with van der Waals surface area (Å²) in [7, 11) is 0. The van der Waals surface area contributed by atoms with E-state index in [0.29, 0.717) is 22.2 Å². The minimum Gasteiger partial charge on any atom is -0.427 e. The maximum absolute atomic E-state index is 13.1. The first-order valence-corrected chi connectivity index (χ1v) is 8.29. The van der Waals surface area contributed by atoms with E-state index in [4.69, 9.17) is 0 Å². The highest BCUT2D eigenvalue weighted by atomic mass is 19.1. The van der Waals surface area contributed by atoms with Crippen molar-refractivity contribution in [2.45, 2.75) is 38.1 Å². The zero-order valence-electron chi connectivity index (χ0n) is 13.5. The van der Waals surface area contributed by atoms with Crippen LogP contribution in [0.3, 0.4) is 0 Å². The molecule has 0 atom stereocenters. The van der Waals surface area contributed by atoms with Gasteiger partial charge in [0.25, 0.3) is 5.95 Å². The predicted octanol–water partition coefficient (Wildman–Crippen LogP) is 2.51. The highest BCUT2D eigenvalue weighted by molar-refractivity contribution is 5.83. The van der Waals surface area contributed by atoms with E-state index >= 15 is 0 Å². The molecule has 9 heteroatoms. The van der Waals surface area contributed by atoms with Crippen molar-refractivity contribution in [3.8, 4) is 0 Å². The molecule has 0 radical (unpaired) electrons. The molecule has 25 heavy (non-hydrogen) atoms. The summed E-state index contributed by atoms with van der Waals surface area (Å²) in [5, 5.41) is 13.2. The Bertz CT molecular complexity index is 959. The van der Waals surface area contributed by atoms with Crippen LogP contribution < -0.4 is 10.8 Å². The number of pyridine rings is 1. The fraction of sp³-hybridized carbons (Fsp3) is 0.375. The standard InChI is InChI=1S/C16H18FN7O/c17-10-6-7-12(24(25)8-10)21-16-22-14-13(18-9-19-14)15(23-16)20-11-4-2-1-3-5-11/h6-9,11,25H,1-5H2,(H2,18,19,20,22,23). The highest BCUT2D eigenvalue weighted by Crippen LogP contribution is 2.25.